The Balaban J connectivity index is 1.40. The molecule has 0 atom stereocenters. The van der Waals surface area contributed by atoms with E-state index >= 15 is 4.39 Å². The molecule has 4 heterocycles. The van der Waals surface area contributed by atoms with Crippen LogP contribution >= 0.6 is 0 Å². The fourth-order valence-electron chi connectivity index (χ4n) is 3.84. The minimum Gasteiger partial charge on any atom is -0.337 e. The molecule has 0 aliphatic carbocycles. The number of rotatable bonds is 4. The van der Waals surface area contributed by atoms with E-state index in [4.69, 9.17) is 0 Å². The van der Waals surface area contributed by atoms with E-state index in [2.05, 4.69) is 35.5 Å². The zero-order valence-corrected chi connectivity index (χ0v) is 17.6. The molecule has 0 fully saturated rings. The lowest BCUT2D eigenvalue weighted by Crippen LogP contribution is -2.11. The Morgan fingerprint density at radius 3 is 2.59 bits per heavy atom. The number of nitrogens with zero attached hydrogens (tertiary/aromatic N) is 4. The minimum absolute atomic E-state index is 0.0922. The van der Waals surface area contributed by atoms with Crippen LogP contribution in [0.25, 0.3) is 44.7 Å². The summed E-state index contributed by atoms with van der Waals surface area (Å²) in [5.41, 5.74) is 3.83. The second-order valence-corrected chi connectivity index (χ2v) is 7.67. The SMILES string of the molecule is O=C(Nc1cncc(-c2ncc3[nH]nc(-c4nc5ccccc5[nH]4)c3c2F)c1)c1ccccc1. The van der Waals surface area contributed by atoms with E-state index in [0.717, 1.165) is 11.0 Å². The van der Waals surface area contributed by atoms with Crippen molar-refractivity contribution in [2.45, 2.75) is 0 Å². The highest BCUT2D eigenvalue weighted by Crippen LogP contribution is 2.32. The van der Waals surface area contributed by atoms with Crippen molar-refractivity contribution in [3.63, 3.8) is 0 Å². The van der Waals surface area contributed by atoms with Crippen molar-refractivity contribution in [2.75, 3.05) is 5.32 Å². The Hall–Kier alpha value is -4.92. The lowest BCUT2D eigenvalue weighted by molar-refractivity contribution is 0.102. The average Bonchev–Trinajstić information content (AvgIpc) is 3.49. The number of nitrogens with one attached hydrogen (secondary N) is 3. The maximum Gasteiger partial charge on any atom is 0.255 e. The van der Waals surface area contributed by atoms with Crippen molar-refractivity contribution in [3.05, 3.63) is 90.6 Å². The maximum atomic E-state index is 15.8. The van der Waals surface area contributed by atoms with Gasteiger partial charge >= 0.3 is 0 Å². The van der Waals surface area contributed by atoms with Gasteiger partial charge in [-0.1, -0.05) is 30.3 Å². The number of fused-ring (bicyclic) bond motifs is 2. The molecule has 34 heavy (non-hydrogen) atoms. The summed E-state index contributed by atoms with van der Waals surface area (Å²) >= 11 is 0. The first kappa shape index (κ1) is 19.7. The van der Waals surface area contributed by atoms with E-state index in [9.17, 15) is 4.79 Å². The number of imidazole rings is 1. The first-order valence-electron chi connectivity index (χ1n) is 10.5. The highest BCUT2D eigenvalue weighted by molar-refractivity contribution is 6.04. The number of H-pyrrole nitrogens is 2. The van der Waals surface area contributed by atoms with Gasteiger partial charge in [0, 0.05) is 17.3 Å². The molecule has 6 rings (SSSR count). The largest absolute Gasteiger partial charge is 0.337 e. The predicted molar refractivity (Wildman–Crippen MR) is 127 cm³/mol. The summed E-state index contributed by atoms with van der Waals surface area (Å²) in [7, 11) is 0. The quantitative estimate of drug-likeness (QED) is 0.352. The van der Waals surface area contributed by atoms with Crippen molar-refractivity contribution in [1.29, 1.82) is 0 Å². The molecule has 0 radical (unpaired) electrons. The molecule has 0 unspecified atom stereocenters. The topological polar surface area (TPSA) is 112 Å². The summed E-state index contributed by atoms with van der Waals surface area (Å²) in [5, 5.41) is 10.1. The zero-order valence-electron chi connectivity index (χ0n) is 17.6. The van der Waals surface area contributed by atoms with E-state index in [1.807, 2.05) is 30.3 Å². The van der Waals surface area contributed by atoms with Crippen LogP contribution in [-0.4, -0.2) is 36.0 Å². The lowest BCUT2D eigenvalue weighted by atomic mass is 10.1. The molecule has 9 heteroatoms. The summed E-state index contributed by atoms with van der Waals surface area (Å²) in [5.74, 6) is -0.397. The molecule has 0 aliphatic rings. The fourth-order valence-corrected chi connectivity index (χ4v) is 3.84. The van der Waals surface area contributed by atoms with Gasteiger partial charge in [0.15, 0.2) is 11.6 Å². The number of halogens is 1. The summed E-state index contributed by atoms with van der Waals surface area (Å²) < 4.78 is 15.8. The van der Waals surface area contributed by atoms with E-state index in [-0.39, 0.29) is 17.0 Å². The number of amides is 1. The number of aromatic nitrogens is 6. The lowest BCUT2D eigenvalue weighted by Gasteiger charge is -2.08. The average molecular weight is 449 g/mol. The van der Waals surface area contributed by atoms with Gasteiger partial charge in [0.05, 0.1) is 40.0 Å². The Kier molecular flexibility index (Phi) is 4.58. The van der Waals surface area contributed by atoms with Crippen molar-refractivity contribution in [2.24, 2.45) is 0 Å². The summed E-state index contributed by atoms with van der Waals surface area (Å²) in [6.07, 6.45) is 4.51. The van der Waals surface area contributed by atoms with Crippen LogP contribution in [0, 0.1) is 5.82 Å². The third kappa shape index (κ3) is 3.36. The maximum absolute atomic E-state index is 15.8. The molecule has 0 aliphatic heterocycles. The highest BCUT2D eigenvalue weighted by atomic mass is 19.1. The van der Waals surface area contributed by atoms with Crippen molar-refractivity contribution in [1.82, 2.24) is 30.1 Å². The van der Waals surface area contributed by atoms with Gasteiger partial charge in [0.25, 0.3) is 5.91 Å². The number of anilines is 1. The molecule has 6 aromatic rings. The summed E-state index contributed by atoms with van der Waals surface area (Å²) in [4.78, 5) is 28.7. The van der Waals surface area contributed by atoms with E-state index < -0.39 is 5.82 Å². The van der Waals surface area contributed by atoms with Crippen LogP contribution in [0.4, 0.5) is 10.1 Å². The Morgan fingerprint density at radius 1 is 0.912 bits per heavy atom. The summed E-state index contributed by atoms with van der Waals surface area (Å²) in [6.45, 7) is 0. The second-order valence-electron chi connectivity index (χ2n) is 7.67. The van der Waals surface area contributed by atoms with Crippen LogP contribution in [0.3, 0.4) is 0 Å². The number of aromatic amines is 2. The molecule has 4 aromatic heterocycles. The second kappa shape index (κ2) is 7.89. The Bertz CT molecular complexity index is 1640. The van der Waals surface area contributed by atoms with E-state index in [1.54, 1.807) is 30.3 Å². The standard InChI is InChI=1S/C25H16FN7O/c26-21-20-19(32-33-23(20)24-30-17-8-4-5-9-18(17)31-24)13-28-22(21)15-10-16(12-27-11-15)29-25(34)14-6-2-1-3-7-14/h1-13H,(H,29,34)(H,30,31)(H,32,33). The first-order valence-corrected chi connectivity index (χ1v) is 10.5. The van der Waals surface area contributed by atoms with Crippen molar-refractivity contribution < 1.29 is 9.18 Å². The molecule has 164 valence electrons. The highest BCUT2D eigenvalue weighted by Gasteiger charge is 2.20. The van der Waals surface area contributed by atoms with Gasteiger partial charge in [-0.15, -0.1) is 0 Å². The van der Waals surface area contributed by atoms with Crippen LogP contribution in [0.5, 0.6) is 0 Å². The first-order chi connectivity index (χ1) is 16.7. The van der Waals surface area contributed by atoms with Crippen LogP contribution in [0.1, 0.15) is 10.4 Å². The molecule has 8 nitrogen and oxygen atoms in total. The third-order valence-electron chi connectivity index (χ3n) is 5.46. The zero-order chi connectivity index (χ0) is 23.1. The monoisotopic (exact) mass is 449 g/mol. The van der Waals surface area contributed by atoms with Gasteiger partial charge in [0.2, 0.25) is 0 Å². The molecule has 0 spiro atoms. The van der Waals surface area contributed by atoms with Gasteiger partial charge in [0.1, 0.15) is 11.4 Å². The normalized spacial score (nSPS) is 11.2. The van der Waals surface area contributed by atoms with E-state index in [1.165, 1.54) is 18.6 Å². The number of pyridine rings is 2. The van der Waals surface area contributed by atoms with Crippen LogP contribution in [-0.2, 0) is 0 Å². The molecule has 3 N–H and O–H groups in total. The molecule has 0 saturated carbocycles. The van der Waals surface area contributed by atoms with Crippen LogP contribution in [0.15, 0.2) is 79.3 Å². The molecule has 0 bridgehead atoms. The van der Waals surface area contributed by atoms with Crippen molar-refractivity contribution >= 4 is 33.5 Å². The minimum atomic E-state index is -0.560. The Labute approximate surface area is 191 Å². The number of hydrogen-bond acceptors (Lipinski definition) is 5. The van der Waals surface area contributed by atoms with Crippen molar-refractivity contribution in [3.8, 4) is 22.8 Å². The third-order valence-corrected chi connectivity index (χ3v) is 5.46. The predicted octanol–water partition coefficient (Wildman–Crippen LogP) is 4.95. The number of para-hydroxylation sites is 2. The number of benzene rings is 2. The molecular formula is C25H16FN7O. The van der Waals surface area contributed by atoms with E-state index in [0.29, 0.717) is 33.8 Å². The number of carbonyl (C=O) groups excluding carboxylic acids is 1. The molecule has 1 amide bonds. The molecule has 0 saturated heterocycles. The van der Waals surface area contributed by atoms with Gasteiger partial charge in [-0.05, 0) is 30.3 Å². The van der Waals surface area contributed by atoms with Gasteiger partial charge in [-0.2, -0.15) is 5.10 Å². The van der Waals surface area contributed by atoms with Crippen LogP contribution in [0.2, 0.25) is 0 Å². The smallest absolute Gasteiger partial charge is 0.255 e. The number of hydrogen-bond donors (Lipinski definition) is 3. The summed E-state index contributed by atoms with van der Waals surface area (Å²) in [6, 6.07) is 18.0. The van der Waals surface area contributed by atoms with Gasteiger partial charge < -0.3 is 10.3 Å². The van der Waals surface area contributed by atoms with Gasteiger partial charge in [-0.25, -0.2) is 9.37 Å². The fraction of sp³-hybridized carbons (Fsp3) is 0. The number of carbonyl (C=O) groups is 1. The molecule has 2 aromatic carbocycles. The Morgan fingerprint density at radius 2 is 1.74 bits per heavy atom. The van der Waals surface area contributed by atoms with Crippen LogP contribution < -0.4 is 5.32 Å². The van der Waals surface area contributed by atoms with Gasteiger partial charge in [-0.3, -0.25) is 19.9 Å². The molecular weight excluding hydrogens is 433 g/mol.